The summed E-state index contributed by atoms with van der Waals surface area (Å²) in [6, 6.07) is 2.79. The summed E-state index contributed by atoms with van der Waals surface area (Å²) in [6.45, 7) is 7.58. The molecular formula is C22H30N8O. The van der Waals surface area contributed by atoms with Crippen LogP contribution in [0.2, 0.25) is 0 Å². The van der Waals surface area contributed by atoms with E-state index in [1.807, 2.05) is 17.1 Å². The van der Waals surface area contributed by atoms with Crippen LogP contribution in [0.5, 0.6) is 5.75 Å². The van der Waals surface area contributed by atoms with Crippen LogP contribution in [-0.2, 0) is 6.54 Å². The van der Waals surface area contributed by atoms with Crippen LogP contribution in [0.4, 0.5) is 5.82 Å². The maximum absolute atomic E-state index is 6.13. The minimum Gasteiger partial charge on any atom is -0.491 e. The summed E-state index contributed by atoms with van der Waals surface area (Å²) in [5.41, 5.74) is 1.75. The van der Waals surface area contributed by atoms with E-state index in [9.17, 15) is 0 Å². The molecule has 0 unspecified atom stereocenters. The van der Waals surface area contributed by atoms with Gasteiger partial charge in [0.1, 0.15) is 36.0 Å². The highest BCUT2D eigenvalue weighted by Crippen LogP contribution is 2.36. The van der Waals surface area contributed by atoms with Gasteiger partial charge in [-0.05, 0) is 40.8 Å². The second kappa shape index (κ2) is 7.96. The van der Waals surface area contributed by atoms with Crippen molar-refractivity contribution >= 4 is 5.82 Å². The number of imidazole rings is 1. The molecule has 3 aromatic rings. The van der Waals surface area contributed by atoms with Gasteiger partial charge >= 0.3 is 0 Å². The second-order valence-electron chi connectivity index (χ2n) is 8.90. The van der Waals surface area contributed by atoms with Gasteiger partial charge in [0.2, 0.25) is 0 Å². The van der Waals surface area contributed by atoms with E-state index < -0.39 is 0 Å². The standard InChI is InChI=1S/C22H30N8O/c1-15(2)30-22(24-14-25-30)18-13-28-8-9-31-19-10-20(23-11-17(19)21(28)26-18)29-7-5-6-16(29)12-27(3)4/h10-11,13-16H,5-9,12H2,1-4H3/t16-/m1/s1. The van der Waals surface area contributed by atoms with Gasteiger partial charge in [-0.1, -0.05) is 0 Å². The Morgan fingerprint density at radius 2 is 2.06 bits per heavy atom. The maximum Gasteiger partial charge on any atom is 0.178 e. The molecule has 0 radical (unpaired) electrons. The summed E-state index contributed by atoms with van der Waals surface area (Å²) in [6.07, 6.45) is 7.94. The highest BCUT2D eigenvalue weighted by atomic mass is 16.5. The normalized spacial score (nSPS) is 18.3. The molecule has 2 aliphatic rings. The molecule has 0 N–H and O–H groups in total. The van der Waals surface area contributed by atoms with Crippen LogP contribution in [0, 0.1) is 0 Å². The van der Waals surface area contributed by atoms with E-state index >= 15 is 0 Å². The summed E-state index contributed by atoms with van der Waals surface area (Å²) in [5.74, 6) is 3.49. The molecule has 2 aliphatic heterocycles. The molecule has 5 rings (SSSR count). The second-order valence-corrected chi connectivity index (χ2v) is 8.90. The average molecular weight is 423 g/mol. The minimum atomic E-state index is 0.217. The van der Waals surface area contributed by atoms with Crippen LogP contribution in [0.25, 0.3) is 22.9 Å². The first kappa shape index (κ1) is 20.0. The molecular weight excluding hydrogens is 392 g/mol. The van der Waals surface area contributed by atoms with Crippen LogP contribution in [0.1, 0.15) is 32.7 Å². The number of fused-ring (bicyclic) bond motifs is 3. The molecule has 0 aliphatic carbocycles. The predicted molar refractivity (Wildman–Crippen MR) is 119 cm³/mol. The van der Waals surface area contributed by atoms with Crippen LogP contribution in [0.15, 0.2) is 24.8 Å². The molecule has 3 aromatic heterocycles. The smallest absolute Gasteiger partial charge is 0.178 e. The Morgan fingerprint density at radius 1 is 1.19 bits per heavy atom. The molecule has 9 heteroatoms. The van der Waals surface area contributed by atoms with Gasteiger partial charge in [-0.2, -0.15) is 5.10 Å². The number of rotatable bonds is 5. The third-order valence-electron chi connectivity index (χ3n) is 6.00. The summed E-state index contributed by atoms with van der Waals surface area (Å²) in [7, 11) is 4.25. The molecule has 0 amide bonds. The van der Waals surface area contributed by atoms with Crippen molar-refractivity contribution in [1.82, 2.24) is 34.2 Å². The van der Waals surface area contributed by atoms with Crippen molar-refractivity contribution in [3.05, 3.63) is 24.8 Å². The highest BCUT2D eigenvalue weighted by molar-refractivity contribution is 5.69. The lowest BCUT2D eigenvalue weighted by molar-refractivity contribution is 0.306. The van der Waals surface area contributed by atoms with Gasteiger partial charge in [0, 0.05) is 43.6 Å². The molecule has 164 valence electrons. The van der Waals surface area contributed by atoms with Gasteiger partial charge < -0.3 is 19.1 Å². The van der Waals surface area contributed by atoms with E-state index in [-0.39, 0.29) is 6.04 Å². The summed E-state index contributed by atoms with van der Waals surface area (Å²) >= 11 is 0. The number of ether oxygens (including phenoxy) is 1. The van der Waals surface area contributed by atoms with E-state index in [1.54, 1.807) is 6.33 Å². The van der Waals surface area contributed by atoms with Crippen LogP contribution >= 0.6 is 0 Å². The monoisotopic (exact) mass is 422 g/mol. The van der Waals surface area contributed by atoms with E-state index in [0.717, 1.165) is 54.1 Å². The van der Waals surface area contributed by atoms with Crippen molar-refractivity contribution in [3.63, 3.8) is 0 Å². The predicted octanol–water partition coefficient (Wildman–Crippen LogP) is 2.71. The zero-order chi connectivity index (χ0) is 21.5. The number of aromatic nitrogens is 6. The number of hydrogen-bond acceptors (Lipinski definition) is 7. The molecule has 0 saturated carbocycles. The number of anilines is 1. The average Bonchev–Trinajstić information content (AvgIpc) is 3.45. The van der Waals surface area contributed by atoms with Gasteiger partial charge in [-0.25, -0.2) is 19.6 Å². The van der Waals surface area contributed by atoms with Crippen molar-refractivity contribution < 1.29 is 4.74 Å². The molecule has 9 nitrogen and oxygen atoms in total. The van der Waals surface area contributed by atoms with E-state index in [4.69, 9.17) is 14.7 Å². The van der Waals surface area contributed by atoms with E-state index in [1.165, 1.54) is 12.8 Å². The fraction of sp³-hybridized carbons (Fsp3) is 0.545. The van der Waals surface area contributed by atoms with Gasteiger partial charge in [-0.3, -0.25) is 0 Å². The molecule has 5 heterocycles. The van der Waals surface area contributed by atoms with E-state index in [2.05, 4.69) is 58.5 Å². The van der Waals surface area contributed by atoms with Crippen LogP contribution < -0.4 is 9.64 Å². The van der Waals surface area contributed by atoms with Crippen LogP contribution in [-0.4, -0.2) is 74.0 Å². The lowest BCUT2D eigenvalue weighted by Crippen LogP contribution is -2.38. The molecule has 31 heavy (non-hydrogen) atoms. The number of pyridine rings is 1. The third kappa shape index (κ3) is 3.67. The minimum absolute atomic E-state index is 0.217. The summed E-state index contributed by atoms with van der Waals surface area (Å²) in [4.78, 5) is 18.9. The van der Waals surface area contributed by atoms with Crippen molar-refractivity contribution in [2.75, 3.05) is 38.7 Å². The Hall–Kier alpha value is -2.94. The fourth-order valence-electron chi connectivity index (χ4n) is 4.59. The quantitative estimate of drug-likeness (QED) is 0.626. The number of likely N-dealkylation sites (N-methyl/N-ethyl adjacent to an activating group) is 1. The first-order valence-electron chi connectivity index (χ1n) is 11.0. The van der Waals surface area contributed by atoms with Gasteiger partial charge in [0.25, 0.3) is 0 Å². The Kier molecular flexibility index (Phi) is 5.13. The Bertz CT molecular complexity index is 1070. The van der Waals surface area contributed by atoms with Crippen LogP contribution in [0.3, 0.4) is 0 Å². The fourth-order valence-corrected chi connectivity index (χ4v) is 4.59. The summed E-state index contributed by atoms with van der Waals surface area (Å²) in [5, 5.41) is 4.35. The zero-order valence-corrected chi connectivity index (χ0v) is 18.7. The van der Waals surface area contributed by atoms with Crippen molar-refractivity contribution in [2.45, 2.75) is 45.3 Å². The topological polar surface area (TPSA) is 77.1 Å². The lowest BCUT2D eigenvalue weighted by atomic mass is 10.2. The third-order valence-corrected chi connectivity index (χ3v) is 6.00. The highest BCUT2D eigenvalue weighted by Gasteiger charge is 2.28. The maximum atomic E-state index is 6.13. The molecule has 0 spiro atoms. The van der Waals surface area contributed by atoms with Gasteiger partial charge in [-0.15, -0.1) is 0 Å². The van der Waals surface area contributed by atoms with Gasteiger partial charge in [0.15, 0.2) is 5.82 Å². The van der Waals surface area contributed by atoms with E-state index in [0.29, 0.717) is 12.6 Å². The Labute approximate surface area is 182 Å². The SMILES string of the molecule is CC(C)n1ncnc1-c1cn2c(n1)-c1cnc(N3CCC[C@@H]3CN(C)C)cc1OCC2. The molecule has 0 bridgehead atoms. The first-order valence-corrected chi connectivity index (χ1v) is 11.0. The number of nitrogens with zero attached hydrogens (tertiary/aromatic N) is 8. The zero-order valence-electron chi connectivity index (χ0n) is 18.7. The molecule has 0 aromatic carbocycles. The molecule has 1 fully saturated rings. The van der Waals surface area contributed by atoms with Gasteiger partial charge in [0.05, 0.1) is 12.1 Å². The first-order chi connectivity index (χ1) is 15.0. The largest absolute Gasteiger partial charge is 0.491 e. The molecule has 1 atom stereocenters. The molecule has 1 saturated heterocycles. The lowest BCUT2D eigenvalue weighted by Gasteiger charge is -2.28. The van der Waals surface area contributed by atoms with Crippen molar-refractivity contribution in [2.24, 2.45) is 0 Å². The summed E-state index contributed by atoms with van der Waals surface area (Å²) < 4.78 is 10.2. The number of hydrogen-bond donors (Lipinski definition) is 0. The Balaban J connectivity index is 1.50. The van der Waals surface area contributed by atoms with Crippen molar-refractivity contribution in [3.8, 4) is 28.7 Å². The Morgan fingerprint density at radius 3 is 2.87 bits per heavy atom. The van der Waals surface area contributed by atoms with Crippen molar-refractivity contribution in [1.29, 1.82) is 0 Å².